The van der Waals surface area contributed by atoms with Gasteiger partial charge in [0.15, 0.2) is 11.5 Å². The SMILES string of the molecule is COc1ccc(CN(CCNC(=O)c2ccc(C)c(C)c2)C(C)=O)cc1OC. The van der Waals surface area contributed by atoms with Crippen LogP contribution in [-0.4, -0.2) is 44.0 Å². The fraction of sp³-hybridized carbons (Fsp3) is 0.364. The van der Waals surface area contributed by atoms with Gasteiger partial charge in [0, 0.05) is 32.1 Å². The number of hydrogen-bond donors (Lipinski definition) is 1. The average Bonchev–Trinajstić information content (AvgIpc) is 2.68. The second-order valence-corrected chi connectivity index (χ2v) is 6.68. The molecule has 0 fully saturated rings. The monoisotopic (exact) mass is 384 g/mol. The topological polar surface area (TPSA) is 67.9 Å². The lowest BCUT2D eigenvalue weighted by molar-refractivity contribution is -0.129. The smallest absolute Gasteiger partial charge is 0.251 e. The molecule has 0 aromatic heterocycles. The zero-order valence-corrected chi connectivity index (χ0v) is 17.2. The third kappa shape index (κ3) is 5.49. The first-order chi connectivity index (χ1) is 13.3. The molecule has 0 saturated carbocycles. The van der Waals surface area contributed by atoms with Crippen LogP contribution >= 0.6 is 0 Å². The highest BCUT2D eigenvalue weighted by Crippen LogP contribution is 2.28. The Bertz CT molecular complexity index is 848. The number of nitrogens with zero attached hydrogens (tertiary/aromatic N) is 1. The van der Waals surface area contributed by atoms with Crippen molar-refractivity contribution < 1.29 is 19.1 Å². The molecule has 1 N–H and O–H groups in total. The second kappa shape index (κ2) is 9.78. The first-order valence-electron chi connectivity index (χ1n) is 9.17. The van der Waals surface area contributed by atoms with E-state index in [0.717, 1.165) is 16.7 Å². The maximum atomic E-state index is 12.3. The molecule has 0 bridgehead atoms. The van der Waals surface area contributed by atoms with E-state index in [0.29, 0.717) is 36.7 Å². The third-order valence-electron chi connectivity index (χ3n) is 4.70. The van der Waals surface area contributed by atoms with Crippen LogP contribution in [-0.2, 0) is 11.3 Å². The van der Waals surface area contributed by atoms with E-state index in [9.17, 15) is 9.59 Å². The molecule has 0 heterocycles. The number of nitrogens with one attached hydrogen (secondary N) is 1. The molecule has 28 heavy (non-hydrogen) atoms. The van der Waals surface area contributed by atoms with E-state index in [4.69, 9.17) is 9.47 Å². The van der Waals surface area contributed by atoms with Gasteiger partial charge in [-0.2, -0.15) is 0 Å². The fourth-order valence-corrected chi connectivity index (χ4v) is 2.84. The first kappa shape index (κ1) is 21.3. The molecule has 0 radical (unpaired) electrons. The molecule has 2 aromatic rings. The Morgan fingerprint density at radius 1 is 0.964 bits per heavy atom. The molecule has 0 saturated heterocycles. The summed E-state index contributed by atoms with van der Waals surface area (Å²) < 4.78 is 10.6. The number of carbonyl (C=O) groups excluding carboxylic acids is 2. The van der Waals surface area contributed by atoms with Gasteiger partial charge in [-0.3, -0.25) is 9.59 Å². The molecule has 0 unspecified atom stereocenters. The van der Waals surface area contributed by atoms with Crippen molar-refractivity contribution in [2.75, 3.05) is 27.3 Å². The number of benzene rings is 2. The standard InChI is InChI=1S/C22H28N2O4/c1-15-6-8-19(12-16(15)2)22(26)23-10-11-24(17(3)25)14-18-7-9-20(27-4)21(13-18)28-5/h6-9,12-13H,10-11,14H2,1-5H3,(H,23,26). The minimum atomic E-state index is -0.141. The highest BCUT2D eigenvalue weighted by Gasteiger charge is 2.13. The van der Waals surface area contributed by atoms with Gasteiger partial charge in [0.05, 0.1) is 14.2 Å². The minimum absolute atomic E-state index is 0.0600. The highest BCUT2D eigenvalue weighted by atomic mass is 16.5. The lowest BCUT2D eigenvalue weighted by Gasteiger charge is -2.22. The number of aryl methyl sites for hydroxylation is 2. The molecule has 2 rings (SSSR count). The first-order valence-corrected chi connectivity index (χ1v) is 9.17. The van der Waals surface area contributed by atoms with Gasteiger partial charge < -0.3 is 19.7 Å². The number of hydrogen-bond acceptors (Lipinski definition) is 4. The van der Waals surface area contributed by atoms with Gasteiger partial charge in [-0.25, -0.2) is 0 Å². The van der Waals surface area contributed by atoms with Crippen molar-refractivity contribution in [2.45, 2.75) is 27.3 Å². The maximum Gasteiger partial charge on any atom is 0.251 e. The quantitative estimate of drug-likeness (QED) is 0.759. The van der Waals surface area contributed by atoms with Gasteiger partial charge >= 0.3 is 0 Å². The summed E-state index contributed by atoms with van der Waals surface area (Å²) in [7, 11) is 3.16. The van der Waals surface area contributed by atoms with Gasteiger partial charge in [0.25, 0.3) is 5.91 Å². The van der Waals surface area contributed by atoms with Crippen LogP contribution < -0.4 is 14.8 Å². The Kier molecular flexibility index (Phi) is 7.44. The second-order valence-electron chi connectivity index (χ2n) is 6.68. The summed E-state index contributed by atoms with van der Waals surface area (Å²) in [6, 6.07) is 11.2. The van der Waals surface area contributed by atoms with E-state index in [1.165, 1.54) is 6.92 Å². The number of amides is 2. The molecule has 6 nitrogen and oxygen atoms in total. The van der Waals surface area contributed by atoms with Crippen LogP contribution in [0.3, 0.4) is 0 Å². The van der Waals surface area contributed by atoms with E-state index < -0.39 is 0 Å². The Labute approximate surface area is 166 Å². The van der Waals surface area contributed by atoms with E-state index >= 15 is 0 Å². The molecule has 2 aromatic carbocycles. The molecular weight excluding hydrogens is 356 g/mol. The molecule has 0 aliphatic carbocycles. The minimum Gasteiger partial charge on any atom is -0.493 e. The van der Waals surface area contributed by atoms with Crippen molar-refractivity contribution in [2.24, 2.45) is 0 Å². The predicted octanol–water partition coefficient (Wildman–Crippen LogP) is 3.10. The van der Waals surface area contributed by atoms with Crippen molar-refractivity contribution in [3.63, 3.8) is 0 Å². The van der Waals surface area contributed by atoms with Crippen molar-refractivity contribution in [1.82, 2.24) is 10.2 Å². The summed E-state index contributed by atoms with van der Waals surface area (Å²) in [5.74, 6) is 1.06. The average molecular weight is 384 g/mol. The molecule has 0 aliphatic heterocycles. The van der Waals surface area contributed by atoms with Crippen molar-refractivity contribution in [3.05, 3.63) is 58.7 Å². The molecule has 2 amide bonds. The van der Waals surface area contributed by atoms with Gasteiger partial charge in [0.1, 0.15) is 0 Å². The Hall–Kier alpha value is -3.02. The van der Waals surface area contributed by atoms with Crippen LogP contribution in [0.2, 0.25) is 0 Å². The van der Waals surface area contributed by atoms with Crippen molar-refractivity contribution >= 4 is 11.8 Å². The van der Waals surface area contributed by atoms with Crippen LogP contribution in [0.25, 0.3) is 0 Å². The van der Waals surface area contributed by atoms with Crippen molar-refractivity contribution in [3.8, 4) is 11.5 Å². The van der Waals surface area contributed by atoms with Crippen molar-refractivity contribution in [1.29, 1.82) is 0 Å². The summed E-state index contributed by atoms with van der Waals surface area (Å²) >= 11 is 0. The van der Waals surface area contributed by atoms with Crippen LogP contribution in [0.1, 0.15) is 34.0 Å². The molecule has 0 atom stereocenters. The number of carbonyl (C=O) groups is 2. The van der Waals surface area contributed by atoms with E-state index in [2.05, 4.69) is 5.32 Å². The number of rotatable bonds is 8. The summed E-state index contributed by atoms with van der Waals surface area (Å²) in [4.78, 5) is 26.0. The summed E-state index contributed by atoms with van der Waals surface area (Å²) in [5.41, 5.74) is 3.77. The van der Waals surface area contributed by atoms with Crippen LogP contribution in [0.15, 0.2) is 36.4 Å². The van der Waals surface area contributed by atoms with Gasteiger partial charge in [-0.05, 0) is 54.8 Å². The van der Waals surface area contributed by atoms with Crippen LogP contribution in [0, 0.1) is 13.8 Å². The lowest BCUT2D eigenvalue weighted by atomic mass is 10.1. The van der Waals surface area contributed by atoms with E-state index in [-0.39, 0.29) is 11.8 Å². The number of methoxy groups -OCH3 is 2. The Morgan fingerprint density at radius 3 is 2.29 bits per heavy atom. The summed E-state index contributed by atoms with van der Waals surface area (Å²) in [6.07, 6.45) is 0. The maximum absolute atomic E-state index is 12.3. The zero-order valence-electron chi connectivity index (χ0n) is 17.2. The van der Waals surface area contributed by atoms with Gasteiger partial charge in [-0.15, -0.1) is 0 Å². The fourth-order valence-electron chi connectivity index (χ4n) is 2.84. The molecule has 6 heteroatoms. The summed E-state index contributed by atoms with van der Waals surface area (Å²) in [6.45, 7) is 6.72. The van der Waals surface area contributed by atoms with E-state index in [1.807, 2.05) is 50.2 Å². The highest BCUT2D eigenvalue weighted by molar-refractivity contribution is 5.94. The molecule has 0 spiro atoms. The largest absolute Gasteiger partial charge is 0.493 e. The zero-order chi connectivity index (χ0) is 20.7. The predicted molar refractivity (Wildman–Crippen MR) is 109 cm³/mol. The number of ether oxygens (including phenoxy) is 2. The summed E-state index contributed by atoms with van der Waals surface area (Å²) in [5, 5.41) is 2.88. The molecular formula is C22H28N2O4. The Morgan fingerprint density at radius 2 is 1.68 bits per heavy atom. The lowest BCUT2D eigenvalue weighted by Crippen LogP contribution is -2.37. The Balaban J connectivity index is 1.97. The third-order valence-corrected chi connectivity index (χ3v) is 4.70. The molecule has 150 valence electrons. The van der Waals surface area contributed by atoms with Crippen LogP contribution in [0.4, 0.5) is 0 Å². The van der Waals surface area contributed by atoms with Gasteiger partial charge in [0.2, 0.25) is 5.91 Å². The van der Waals surface area contributed by atoms with Crippen LogP contribution in [0.5, 0.6) is 11.5 Å². The normalized spacial score (nSPS) is 10.3. The van der Waals surface area contributed by atoms with E-state index in [1.54, 1.807) is 19.1 Å². The molecule has 0 aliphatic rings. The van der Waals surface area contributed by atoms with Gasteiger partial charge in [-0.1, -0.05) is 12.1 Å².